The van der Waals surface area contributed by atoms with Gasteiger partial charge >= 0.3 is 31.1 Å². The number of methoxy groups -OCH3 is 2. The molecule has 2 aromatic carbocycles. The highest BCUT2D eigenvalue weighted by atomic mass is 19.4. The van der Waals surface area contributed by atoms with Crippen LogP contribution in [0, 0.1) is 40.2 Å². The van der Waals surface area contributed by atoms with Crippen molar-refractivity contribution in [1.29, 1.82) is 0 Å². The Labute approximate surface area is 465 Å². The van der Waals surface area contributed by atoms with E-state index < -0.39 is 115 Å². The lowest BCUT2D eigenvalue weighted by molar-refractivity contribution is -0.221. The van der Waals surface area contributed by atoms with Crippen LogP contribution in [0.4, 0.5) is 59.3 Å². The van der Waals surface area contributed by atoms with Crippen LogP contribution in [0.15, 0.2) is 67.1 Å². The maximum absolute atomic E-state index is 16.1. The highest BCUT2D eigenvalue weighted by Crippen LogP contribution is 2.42. The third kappa shape index (κ3) is 14.7. The molecule has 2 bridgehead atoms. The Morgan fingerprint density at radius 1 is 0.780 bits per heavy atom. The maximum atomic E-state index is 16.1. The van der Waals surface area contributed by atoms with Gasteiger partial charge in [0.1, 0.15) is 29.5 Å². The topological polar surface area (TPSA) is 208 Å². The second-order valence-corrected chi connectivity index (χ2v) is 21.6. The Hall–Kier alpha value is -7.22. The van der Waals surface area contributed by atoms with E-state index in [0.717, 1.165) is 78.0 Å². The lowest BCUT2D eigenvalue weighted by Crippen LogP contribution is -2.63. The van der Waals surface area contributed by atoms with Gasteiger partial charge in [0.2, 0.25) is 5.91 Å². The number of alkyl carbamates (subject to hydrolysis) is 2. The number of piperazine rings is 1. The second kappa shape index (κ2) is 25.5. The van der Waals surface area contributed by atoms with Crippen LogP contribution in [0.2, 0.25) is 0 Å². The van der Waals surface area contributed by atoms with Gasteiger partial charge in [-0.3, -0.25) is 19.9 Å². The molecule has 0 radical (unpaired) electrons. The number of aliphatic hydroxyl groups excluding tert-OH is 1. The van der Waals surface area contributed by atoms with E-state index in [1.165, 1.54) is 12.1 Å². The van der Waals surface area contributed by atoms with Crippen LogP contribution in [-0.2, 0) is 32.0 Å². The number of rotatable bonds is 20. The van der Waals surface area contributed by atoms with Gasteiger partial charge in [0.05, 0.1) is 43.4 Å². The summed E-state index contributed by atoms with van der Waals surface area (Å²) >= 11 is 0. The number of aliphatic hydroxyl groups is 1. The number of hydrogen-bond acceptors (Lipinski definition) is 13. The molecule has 4 aromatic rings. The summed E-state index contributed by atoms with van der Waals surface area (Å²) in [6.07, 6.45) is -10.4. The molecule has 3 aliphatic rings. The Bertz CT molecular complexity index is 2930. The summed E-state index contributed by atoms with van der Waals surface area (Å²) in [6, 6.07) is 5.36. The molecule has 3 aliphatic heterocycles. The van der Waals surface area contributed by atoms with Crippen molar-refractivity contribution in [3.05, 3.63) is 101 Å². The number of hydrazine groups is 1. The molecule has 3 fully saturated rings. The molecule has 5 heterocycles. The molecule has 6 N–H and O–H groups in total. The highest BCUT2D eigenvalue weighted by Gasteiger charge is 2.57. The minimum atomic E-state index is -5.23. The quantitative estimate of drug-likeness (QED) is 0.0321. The minimum Gasteiger partial charge on any atom is -0.453 e. The molecule has 4 amide bonds. The normalized spacial score (nSPS) is 18.4. The number of alkyl halides is 8. The Balaban J connectivity index is 1.17. The van der Waals surface area contributed by atoms with Crippen LogP contribution in [0.25, 0.3) is 11.1 Å². The summed E-state index contributed by atoms with van der Waals surface area (Å²) in [6.45, 7) is 1.81. The average molecular weight is 1170 g/mol. The zero-order valence-electron chi connectivity index (χ0n) is 45.4. The fourth-order valence-corrected chi connectivity index (χ4v) is 9.83. The van der Waals surface area contributed by atoms with E-state index in [1.807, 2.05) is 22.9 Å². The first-order valence-corrected chi connectivity index (χ1v) is 25.9. The van der Waals surface area contributed by atoms with E-state index in [0.29, 0.717) is 74.0 Å². The molecule has 446 valence electrons. The molecule has 6 atom stereocenters. The van der Waals surface area contributed by atoms with Gasteiger partial charge in [-0.25, -0.2) is 33.0 Å². The molecule has 2 aromatic heterocycles. The first-order chi connectivity index (χ1) is 38.5. The van der Waals surface area contributed by atoms with Crippen molar-refractivity contribution >= 4 is 29.8 Å². The molecule has 0 spiro atoms. The SMILES string of the molecule is COC(=O)NC(C(=O)N[C@@H](Cc1ccc(C#Cc2ccc(N3CC4CCC(C3)N4CC3CNC3)nc2)cc1)[C@@H](O)CN(Cc1c(F)cc(-c2cnn(C(F)F)c2)cc1F)NC(=O)[C@@H](NC(=O)OC)C(C)(C)C(F)(F)F)C(C)(C)C(F)(F)F. The summed E-state index contributed by atoms with van der Waals surface area (Å²) in [5, 5.41) is 25.3. The van der Waals surface area contributed by atoms with Gasteiger partial charge in [0, 0.05) is 92.5 Å². The fourth-order valence-electron chi connectivity index (χ4n) is 9.83. The van der Waals surface area contributed by atoms with Crippen molar-refractivity contribution in [3.8, 4) is 23.0 Å². The third-order valence-corrected chi connectivity index (χ3v) is 15.2. The van der Waals surface area contributed by atoms with Gasteiger partial charge in [0.25, 0.3) is 5.91 Å². The number of amides is 4. The number of hydrogen-bond donors (Lipinski definition) is 6. The van der Waals surface area contributed by atoms with Crippen molar-refractivity contribution < 1.29 is 77.7 Å². The lowest BCUT2D eigenvalue weighted by atomic mass is 9.82. The van der Waals surface area contributed by atoms with Crippen molar-refractivity contribution in [2.45, 2.75) is 109 Å². The van der Waals surface area contributed by atoms with E-state index in [9.17, 15) is 59.4 Å². The lowest BCUT2D eigenvalue weighted by Gasteiger charge is -2.44. The van der Waals surface area contributed by atoms with Crippen molar-refractivity contribution in [1.82, 2.24) is 51.4 Å². The average Bonchev–Trinajstić information content (AvgIpc) is 4.14. The Kier molecular flexibility index (Phi) is 19.4. The fraction of sp³-hybridized carbons (Fsp3) is 0.519. The number of pyridine rings is 1. The number of aromatic nitrogens is 3. The maximum Gasteiger partial charge on any atom is 0.407 e. The molecule has 7 rings (SSSR count). The molecule has 0 saturated carbocycles. The number of halogens is 10. The van der Waals surface area contributed by atoms with Crippen LogP contribution in [0.1, 0.15) is 69.3 Å². The molecule has 3 unspecified atom stereocenters. The Morgan fingerprint density at radius 2 is 1.33 bits per heavy atom. The van der Waals surface area contributed by atoms with Gasteiger partial charge in [-0.1, -0.05) is 24.0 Å². The number of ether oxygens (including phenoxy) is 2. The van der Waals surface area contributed by atoms with Crippen molar-refractivity contribution in [2.24, 2.45) is 16.7 Å². The number of carbonyl (C=O) groups is 4. The second-order valence-electron chi connectivity index (χ2n) is 21.6. The van der Waals surface area contributed by atoms with Crippen LogP contribution in [-0.4, -0.2) is 156 Å². The third-order valence-electron chi connectivity index (χ3n) is 15.2. The zero-order chi connectivity index (χ0) is 60.1. The molecule has 82 heavy (non-hydrogen) atoms. The minimum absolute atomic E-state index is 0.172. The first-order valence-electron chi connectivity index (χ1n) is 25.9. The molecular weight excluding hydrogens is 1100 g/mol. The van der Waals surface area contributed by atoms with E-state index in [-0.39, 0.29) is 21.4 Å². The van der Waals surface area contributed by atoms with E-state index in [4.69, 9.17) is 4.98 Å². The molecule has 28 heteroatoms. The van der Waals surface area contributed by atoms with E-state index >= 15 is 8.78 Å². The van der Waals surface area contributed by atoms with Gasteiger partial charge in [-0.05, 0) is 100 Å². The number of nitrogens with zero attached hydrogens (tertiary/aromatic N) is 6. The van der Waals surface area contributed by atoms with Gasteiger partial charge < -0.3 is 40.7 Å². The molecular formula is C54H63F10N11O7. The smallest absolute Gasteiger partial charge is 0.407 e. The monoisotopic (exact) mass is 1170 g/mol. The first kappa shape index (κ1) is 62.4. The zero-order valence-corrected chi connectivity index (χ0v) is 45.4. The van der Waals surface area contributed by atoms with Crippen LogP contribution in [0.5, 0.6) is 0 Å². The molecule has 0 aliphatic carbocycles. The van der Waals surface area contributed by atoms with Crippen molar-refractivity contribution in [3.63, 3.8) is 0 Å². The van der Waals surface area contributed by atoms with Crippen LogP contribution in [0.3, 0.4) is 0 Å². The number of nitrogens with one attached hydrogen (secondary N) is 5. The standard InChI is InChI=1S/C54H63F10N11O7/c1-51(2,53(59,60)61)44(69-49(79)81-5)46(77)68-41(17-31-10-7-30(8-11-31)9-12-32-13-16-43(66-22-32)72-26-36-14-15-37(27-72)74(36)24-33-20-65-21-33)42(76)29-73(71-47(78)45(70-50(80)82-6)52(3,4)54(62,63)64)28-38-39(55)18-34(19-40(38)56)35-23-67-75(25-35)48(57)58/h7-8,10-11,13,16,18-19,22-23,25,33,36-37,41-42,44-45,48,65,76H,14-15,17,20-21,24,26-29H2,1-6H3,(H,68,77)(H,69,79)(H,70,80)(H,71,78)/t36?,37?,41-,42-,44?,45+/m0/s1. The highest BCUT2D eigenvalue weighted by molar-refractivity contribution is 5.87. The van der Waals surface area contributed by atoms with E-state index in [2.05, 4.69) is 46.8 Å². The van der Waals surface area contributed by atoms with Crippen LogP contribution >= 0.6 is 0 Å². The summed E-state index contributed by atoms with van der Waals surface area (Å²) < 4.78 is 155. The van der Waals surface area contributed by atoms with E-state index in [1.54, 1.807) is 23.6 Å². The predicted molar refractivity (Wildman–Crippen MR) is 276 cm³/mol. The number of carbonyl (C=O) groups excluding carboxylic acids is 4. The van der Waals surface area contributed by atoms with Gasteiger partial charge in [-0.15, -0.1) is 0 Å². The van der Waals surface area contributed by atoms with Gasteiger partial charge in [0.15, 0.2) is 0 Å². The summed E-state index contributed by atoms with van der Waals surface area (Å²) in [7, 11) is 1.61. The number of anilines is 1. The molecule has 3 saturated heterocycles. The van der Waals surface area contributed by atoms with Crippen molar-refractivity contribution in [2.75, 3.05) is 58.4 Å². The summed E-state index contributed by atoms with van der Waals surface area (Å²) in [4.78, 5) is 62.5. The summed E-state index contributed by atoms with van der Waals surface area (Å²) in [5.74, 6) is 1.54. The Morgan fingerprint density at radius 3 is 1.82 bits per heavy atom. The van der Waals surface area contributed by atoms with Gasteiger partial charge in [-0.2, -0.15) is 40.2 Å². The number of fused-ring (bicyclic) bond motifs is 2. The largest absolute Gasteiger partial charge is 0.453 e. The van der Waals surface area contributed by atoms with Crippen LogP contribution < -0.4 is 31.6 Å². The predicted octanol–water partition coefficient (Wildman–Crippen LogP) is 6.44. The number of benzene rings is 2. The molecule has 18 nitrogen and oxygen atoms in total. The summed E-state index contributed by atoms with van der Waals surface area (Å²) in [5.41, 5.74) is -4.18.